The fraction of sp³-hybridized carbons (Fsp3) is 0.700. The molecule has 3 heterocycles. The Morgan fingerprint density at radius 3 is 2.50 bits per heavy atom. The summed E-state index contributed by atoms with van der Waals surface area (Å²) in [4.78, 5) is 4.55. The normalized spacial score (nSPS) is 23.3. The van der Waals surface area contributed by atoms with E-state index in [2.05, 4.69) is 19.9 Å². The molecule has 4 rings (SSSR count). The summed E-state index contributed by atoms with van der Waals surface area (Å²) >= 11 is 0. The number of rotatable bonds is 4. The molecule has 1 N–H and O–H groups in total. The number of alkyl halides is 3. The largest absolute Gasteiger partial charge is 0.573 e. The van der Waals surface area contributed by atoms with Crippen molar-refractivity contribution in [1.82, 2.24) is 10.2 Å². The number of nitrogens with zero attached hydrogens (tertiary/aromatic N) is 2. The Bertz CT molecular complexity index is 671. The lowest BCUT2D eigenvalue weighted by Crippen LogP contribution is -2.50. The Hall–Kier alpha value is -1.51. The van der Waals surface area contributed by atoms with Gasteiger partial charge in [-0.25, -0.2) is 0 Å². The standard InChI is InChI=1S/C20H28F3N3O2/c21-20(22,23)28-18-13-16(12-17(14-18)25-8-10-27-11-9-25)15-26-7-1-2-19(26)3-5-24-6-4-19/h12-14,24H,1-11,15H2. The van der Waals surface area contributed by atoms with Crippen LogP contribution in [0.1, 0.15) is 31.2 Å². The Balaban J connectivity index is 1.58. The SMILES string of the molecule is FC(F)(F)Oc1cc(CN2CCCC23CCNCC3)cc(N2CCOCC2)c1. The zero-order chi connectivity index (χ0) is 19.6. The second-order valence-electron chi connectivity index (χ2n) is 7.98. The molecule has 0 unspecified atom stereocenters. The summed E-state index contributed by atoms with van der Waals surface area (Å²) in [7, 11) is 0. The third-order valence-electron chi connectivity index (χ3n) is 6.21. The van der Waals surface area contributed by atoms with Crippen LogP contribution < -0.4 is 15.0 Å². The van der Waals surface area contributed by atoms with Crippen LogP contribution in [0.3, 0.4) is 0 Å². The van der Waals surface area contributed by atoms with E-state index in [0.29, 0.717) is 32.8 Å². The second-order valence-corrected chi connectivity index (χ2v) is 7.98. The average Bonchev–Trinajstić information content (AvgIpc) is 3.03. The lowest BCUT2D eigenvalue weighted by molar-refractivity contribution is -0.274. The Kier molecular flexibility index (Phi) is 5.71. The highest BCUT2D eigenvalue weighted by molar-refractivity contribution is 5.54. The lowest BCUT2D eigenvalue weighted by atomic mass is 9.85. The smallest absolute Gasteiger partial charge is 0.406 e. The number of likely N-dealkylation sites (tertiary alicyclic amines) is 1. The van der Waals surface area contributed by atoms with Crippen LogP contribution in [0.5, 0.6) is 5.75 Å². The molecule has 1 aromatic carbocycles. The van der Waals surface area contributed by atoms with E-state index in [-0.39, 0.29) is 11.3 Å². The fourth-order valence-electron chi connectivity index (χ4n) is 4.85. The summed E-state index contributed by atoms with van der Waals surface area (Å²) in [5.74, 6) is -0.134. The van der Waals surface area contributed by atoms with Crippen LogP contribution in [0, 0.1) is 0 Å². The van der Waals surface area contributed by atoms with Gasteiger partial charge in [-0.05, 0) is 63.0 Å². The highest BCUT2D eigenvalue weighted by atomic mass is 19.4. The summed E-state index contributed by atoms with van der Waals surface area (Å²) in [6, 6.07) is 5.05. The molecule has 3 aliphatic rings. The maximum atomic E-state index is 12.9. The van der Waals surface area contributed by atoms with Gasteiger partial charge in [-0.3, -0.25) is 4.90 Å². The fourth-order valence-corrected chi connectivity index (χ4v) is 4.85. The van der Waals surface area contributed by atoms with E-state index in [9.17, 15) is 13.2 Å². The lowest BCUT2D eigenvalue weighted by Gasteiger charge is -2.42. The number of ether oxygens (including phenoxy) is 2. The van der Waals surface area contributed by atoms with E-state index in [1.165, 1.54) is 12.5 Å². The minimum Gasteiger partial charge on any atom is -0.406 e. The van der Waals surface area contributed by atoms with Gasteiger partial charge in [0, 0.05) is 36.9 Å². The van der Waals surface area contributed by atoms with E-state index in [0.717, 1.165) is 50.1 Å². The van der Waals surface area contributed by atoms with E-state index in [4.69, 9.17) is 4.74 Å². The van der Waals surface area contributed by atoms with E-state index >= 15 is 0 Å². The molecule has 0 radical (unpaired) electrons. The van der Waals surface area contributed by atoms with Gasteiger partial charge >= 0.3 is 6.36 Å². The van der Waals surface area contributed by atoms with Crippen LogP contribution in [-0.4, -0.2) is 62.7 Å². The van der Waals surface area contributed by atoms with E-state index in [1.807, 2.05) is 6.07 Å². The molecule has 0 amide bonds. The highest BCUT2D eigenvalue weighted by Gasteiger charge is 2.41. The zero-order valence-electron chi connectivity index (χ0n) is 16.1. The summed E-state index contributed by atoms with van der Waals surface area (Å²) in [6.07, 6.45) is -0.173. The van der Waals surface area contributed by atoms with Gasteiger partial charge in [0.05, 0.1) is 13.2 Å². The van der Waals surface area contributed by atoms with Gasteiger partial charge in [-0.2, -0.15) is 0 Å². The third kappa shape index (κ3) is 4.55. The molecule has 0 bridgehead atoms. The monoisotopic (exact) mass is 399 g/mol. The summed E-state index contributed by atoms with van der Waals surface area (Å²) in [6.45, 7) is 6.19. The molecule has 1 aromatic rings. The molecule has 5 nitrogen and oxygen atoms in total. The number of hydrogen-bond donors (Lipinski definition) is 1. The van der Waals surface area contributed by atoms with Crippen molar-refractivity contribution in [3.8, 4) is 5.75 Å². The molecule has 3 fully saturated rings. The Morgan fingerprint density at radius 1 is 1.04 bits per heavy atom. The van der Waals surface area contributed by atoms with Crippen LogP contribution in [0.25, 0.3) is 0 Å². The molecule has 8 heteroatoms. The van der Waals surface area contributed by atoms with Gasteiger partial charge in [-0.1, -0.05) is 0 Å². The first-order valence-corrected chi connectivity index (χ1v) is 10.1. The van der Waals surface area contributed by atoms with Crippen molar-refractivity contribution >= 4 is 5.69 Å². The molecule has 0 aliphatic carbocycles. The molecule has 0 saturated carbocycles. The first kappa shape index (κ1) is 19.8. The Morgan fingerprint density at radius 2 is 1.79 bits per heavy atom. The third-order valence-corrected chi connectivity index (χ3v) is 6.21. The average molecular weight is 399 g/mol. The van der Waals surface area contributed by atoms with Crippen molar-refractivity contribution in [3.05, 3.63) is 23.8 Å². The molecule has 1 spiro atoms. The Labute approximate surface area is 163 Å². The molecular weight excluding hydrogens is 371 g/mol. The summed E-state index contributed by atoms with van der Waals surface area (Å²) in [5, 5.41) is 3.42. The minimum absolute atomic E-state index is 0.134. The number of anilines is 1. The van der Waals surface area contributed by atoms with Gasteiger partial charge in [0.25, 0.3) is 0 Å². The number of morpholine rings is 1. The van der Waals surface area contributed by atoms with Gasteiger partial charge < -0.3 is 19.7 Å². The van der Waals surface area contributed by atoms with Crippen LogP contribution in [0.4, 0.5) is 18.9 Å². The topological polar surface area (TPSA) is 37.0 Å². The number of benzene rings is 1. The molecule has 28 heavy (non-hydrogen) atoms. The maximum Gasteiger partial charge on any atom is 0.573 e. The van der Waals surface area contributed by atoms with E-state index in [1.54, 1.807) is 6.07 Å². The molecule has 156 valence electrons. The van der Waals surface area contributed by atoms with Crippen molar-refractivity contribution in [3.63, 3.8) is 0 Å². The van der Waals surface area contributed by atoms with Crippen molar-refractivity contribution in [2.45, 2.75) is 44.1 Å². The van der Waals surface area contributed by atoms with Gasteiger partial charge in [-0.15, -0.1) is 13.2 Å². The van der Waals surface area contributed by atoms with Crippen LogP contribution in [-0.2, 0) is 11.3 Å². The quantitative estimate of drug-likeness (QED) is 0.842. The predicted octanol–water partition coefficient (Wildman–Crippen LogP) is 3.14. The van der Waals surface area contributed by atoms with Gasteiger partial charge in [0.15, 0.2) is 0 Å². The number of halogens is 3. The molecule has 0 atom stereocenters. The minimum atomic E-state index is -4.69. The summed E-state index contributed by atoms with van der Waals surface area (Å²) in [5.41, 5.74) is 1.84. The zero-order valence-corrected chi connectivity index (χ0v) is 16.1. The van der Waals surface area contributed by atoms with Crippen molar-refractivity contribution < 1.29 is 22.6 Å². The maximum absolute atomic E-state index is 12.9. The number of hydrogen-bond acceptors (Lipinski definition) is 5. The predicted molar refractivity (Wildman–Crippen MR) is 101 cm³/mol. The van der Waals surface area contributed by atoms with Crippen molar-refractivity contribution in [1.29, 1.82) is 0 Å². The van der Waals surface area contributed by atoms with E-state index < -0.39 is 6.36 Å². The van der Waals surface area contributed by atoms with Crippen molar-refractivity contribution in [2.24, 2.45) is 0 Å². The number of nitrogens with one attached hydrogen (secondary N) is 1. The van der Waals surface area contributed by atoms with Gasteiger partial charge in [0.1, 0.15) is 5.75 Å². The molecule has 3 aliphatic heterocycles. The van der Waals surface area contributed by atoms with Crippen LogP contribution in [0.2, 0.25) is 0 Å². The van der Waals surface area contributed by atoms with Crippen LogP contribution >= 0.6 is 0 Å². The first-order chi connectivity index (χ1) is 13.4. The number of piperidine rings is 1. The van der Waals surface area contributed by atoms with Crippen LogP contribution in [0.15, 0.2) is 18.2 Å². The van der Waals surface area contributed by atoms with Crippen molar-refractivity contribution in [2.75, 3.05) is 50.8 Å². The molecule has 0 aromatic heterocycles. The molecular formula is C20H28F3N3O2. The van der Waals surface area contributed by atoms with Gasteiger partial charge in [0.2, 0.25) is 0 Å². The summed E-state index contributed by atoms with van der Waals surface area (Å²) < 4.78 is 48.3. The second kappa shape index (κ2) is 8.08. The first-order valence-electron chi connectivity index (χ1n) is 10.1. The molecule has 3 saturated heterocycles. The highest BCUT2D eigenvalue weighted by Crippen LogP contribution is 2.39.